The average Bonchev–Trinajstić information content (AvgIpc) is 2.85. The molecule has 0 saturated carbocycles. The first-order valence-electron chi connectivity index (χ1n) is 6.40. The van der Waals surface area contributed by atoms with Crippen LogP contribution >= 0.6 is 0 Å². The lowest BCUT2D eigenvalue weighted by Crippen LogP contribution is -2.05. The van der Waals surface area contributed by atoms with Gasteiger partial charge in [0.15, 0.2) is 0 Å². The summed E-state index contributed by atoms with van der Waals surface area (Å²) in [6, 6.07) is 8.01. The maximum absolute atomic E-state index is 10.3. The van der Waals surface area contributed by atoms with Crippen molar-refractivity contribution in [1.29, 1.82) is 0 Å². The van der Waals surface area contributed by atoms with Crippen LogP contribution in [-0.4, -0.2) is 39.3 Å². The molecule has 0 unspecified atom stereocenters. The molecule has 0 fully saturated rings. The Balaban J connectivity index is 1.88. The van der Waals surface area contributed by atoms with Crippen LogP contribution in [0.15, 0.2) is 30.5 Å². The number of nitrogens with zero attached hydrogens (tertiary/aromatic N) is 3. The van der Waals surface area contributed by atoms with E-state index in [9.17, 15) is 4.79 Å². The molecular weight excluding hydrogens is 258 g/mol. The van der Waals surface area contributed by atoms with Gasteiger partial charge in [0, 0.05) is 12.6 Å². The number of carboxylic acids is 1. The summed E-state index contributed by atoms with van der Waals surface area (Å²) in [5.41, 5.74) is 2.98. The molecule has 1 aromatic heterocycles. The molecule has 0 atom stereocenters. The van der Waals surface area contributed by atoms with Crippen molar-refractivity contribution in [1.82, 2.24) is 15.0 Å². The third-order valence-electron chi connectivity index (χ3n) is 2.82. The SMILES string of the molecule is Cn1cc(-c2cccc(CCOCCC(=O)O)c2)nn1. The van der Waals surface area contributed by atoms with E-state index in [0.29, 0.717) is 6.61 Å². The van der Waals surface area contributed by atoms with Gasteiger partial charge in [-0.2, -0.15) is 0 Å². The first-order chi connectivity index (χ1) is 9.65. The highest BCUT2D eigenvalue weighted by Gasteiger charge is 2.03. The molecule has 20 heavy (non-hydrogen) atoms. The Morgan fingerprint density at radius 1 is 1.40 bits per heavy atom. The van der Waals surface area contributed by atoms with Crippen molar-refractivity contribution in [2.24, 2.45) is 7.05 Å². The van der Waals surface area contributed by atoms with Crippen LogP contribution in [0.2, 0.25) is 0 Å². The maximum atomic E-state index is 10.3. The number of carboxylic acid groups (broad SMARTS) is 1. The second-order valence-corrected chi connectivity index (χ2v) is 4.48. The van der Waals surface area contributed by atoms with E-state index in [2.05, 4.69) is 10.3 Å². The van der Waals surface area contributed by atoms with Gasteiger partial charge in [0.1, 0.15) is 5.69 Å². The molecule has 2 rings (SSSR count). The Bertz CT molecular complexity index is 581. The third kappa shape index (κ3) is 4.17. The normalized spacial score (nSPS) is 10.7. The number of carbonyl (C=O) groups is 1. The molecule has 0 aliphatic carbocycles. The molecule has 0 aliphatic rings. The summed E-state index contributed by atoms with van der Waals surface area (Å²) in [6.07, 6.45) is 2.65. The van der Waals surface area contributed by atoms with Crippen molar-refractivity contribution in [3.63, 3.8) is 0 Å². The molecule has 0 saturated heterocycles. The lowest BCUT2D eigenvalue weighted by Gasteiger charge is -2.04. The van der Waals surface area contributed by atoms with Crippen LogP contribution in [0.25, 0.3) is 11.3 Å². The van der Waals surface area contributed by atoms with Crippen LogP contribution in [0.3, 0.4) is 0 Å². The van der Waals surface area contributed by atoms with Crippen molar-refractivity contribution in [3.8, 4) is 11.3 Å². The van der Waals surface area contributed by atoms with Gasteiger partial charge in [-0.05, 0) is 18.1 Å². The molecule has 2 aromatic rings. The zero-order valence-electron chi connectivity index (χ0n) is 11.3. The Labute approximate surface area is 117 Å². The van der Waals surface area contributed by atoms with E-state index in [1.807, 2.05) is 37.5 Å². The number of rotatable bonds is 7. The lowest BCUT2D eigenvalue weighted by molar-refractivity contribution is -0.138. The van der Waals surface area contributed by atoms with Gasteiger partial charge in [0.05, 0.1) is 25.8 Å². The number of aliphatic carboxylic acids is 1. The molecular formula is C14H17N3O3. The lowest BCUT2D eigenvalue weighted by atomic mass is 10.1. The van der Waals surface area contributed by atoms with E-state index < -0.39 is 5.97 Å². The van der Waals surface area contributed by atoms with Gasteiger partial charge in [-0.1, -0.05) is 23.4 Å². The Kier molecular flexibility index (Phi) is 4.84. The molecule has 1 heterocycles. The van der Waals surface area contributed by atoms with Crippen LogP contribution in [0, 0.1) is 0 Å². The largest absolute Gasteiger partial charge is 0.481 e. The third-order valence-corrected chi connectivity index (χ3v) is 2.82. The van der Waals surface area contributed by atoms with E-state index in [0.717, 1.165) is 23.2 Å². The van der Waals surface area contributed by atoms with Gasteiger partial charge in [-0.15, -0.1) is 5.10 Å². The summed E-state index contributed by atoms with van der Waals surface area (Å²) in [6.45, 7) is 0.760. The van der Waals surface area contributed by atoms with Crippen LogP contribution in [0.5, 0.6) is 0 Å². The van der Waals surface area contributed by atoms with E-state index in [4.69, 9.17) is 9.84 Å². The quantitative estimate of drug-likeness (QED) is 0.775. The topological polar surface area (TPSA) is 77.2 Å². The van der Waals surface area contributed by atoms with Crippen molar-refractivity contribution in [2.75, 3.05) is 13.2 Å². The molecule has 106 valence electrons. The Hall–Kier alpha value is -2.21. The first-order valence-corrected chi connectivity index (χ1v) is 6.40. The first kappa shape index (κ1) is 14.2. The van der Waals surface area contributed by atoms with Gasteiger partial charge < -0.3 is 9.84 Å². The van der Waals surface area contributed by atoms with E-state index in [1.165, 1.54) is 0 Å². The minimum absolute atomic E-state index is 0.0413. The van der Waals surface area contributed by atoms with Crippen molar-refractivity contribution in [2.45, 2.75) is 12.8 Å². The second kappa shape index (κ2) is 6.81. The van der Waals surface area contributed by atoms with Crippen molar-refractivity contribution in [3.05, 3.63) is 36.0 Å². The molecule has 0 spiro atoms. The minimum Gasteiger partial charge on any atom is -0.481 e. The monoisotopic (exact) mass is 275 g/mol. The van der Waals surface area contributed by atoms with Gasteiger partial charge in [0.2, 0.25) is 0 Å². The molecule has 1 N–H and O–H groups in total. The smallest absolute Gasteiger partial charge is 0.305 e. The highest BCUT2D eigenvalue weighted by Crippen LogP contribution is 2.17. The minimum atomic E-state index is -0.838. The van der Waals surface area contributed by atoms with Crippen LogP contribution < -0.4 is 0 Å². The Morgan fingerprint density at radius 2 is 2.25 bits per heavy atom. The summed E-state index contributed by atoms with van der Waals surface area (Å²) < 4.78 is 6.95. The van der Waals surface area contributed by atoms with Gasteiger partial charge >= 0.3 is 5.97 Å². The summed E-state index contributed by atoms with van der Waals surface area (Å²) in [5.74, 6) is -0.838. The van der Waals surface area contributed by atoms with E-state index in [-0.39, 0.29) is 13.0 Å². The fraction of sp³-hybridized carbons (Fsp3) is 0.357. The zero-order chi connectivity index (χ0) is 14.4. The zero-order valence-corrected chi connectivity index (χ0v) is 11.3. The highest BCUT2D eigenvalue weighted by atomic mass is 16.5. The molecule has 0 amide bonds. The molecule has 0 bridgehead atoms. The number of benzene rings is 1. The van der Waals surface area contributed by atoms with Crippen LogP contribution in [0.1, 0.15) is 12.0 Å². The number of ether oxygens (including phenoxy) is 1. The molecule has 6 heteroatoms. The molecule has 0 radical (unpaired) electrons. The summed E-state index contributed by atoms with van der Waals surface area (Å²) >= 11 is 0. The molecule has 0 aliphatic heterocycles. The predicted octanol–water partition coefficient (Wildman–Crippen LogP) is 1.52. The summed E-state index contributed by atoms with van der Waals surface area (Å²) in [5, 5.41) is 16.5. The summed E-state index contributed by atoms with van der Waals surface area (Å²) in [7, 11) is 1.83. The molecule has 1 aromatic carbocycles. The van der Waals surface area contributed by atoms with E-state index in [1.54, 1.807) is 4.68 Å². The predicted molar refractivity (Wildman–Crippen MR) is 73.2 cm³/mol. The maximum Gasteiger partial charge on any atom is 0.305 e. The van der Waals surface area contributed by atoms with Crippen molar-refractivity contribution >= 4 is 5.97 Å². The summed E-state index contributed by atoms with van der Waals surface area (Å²) in [4.78, 5) is 10.3. The van der Waals surface area contributed by atoms with Gasteiger partial charge in [-0.3, -0.25) is 9.48 Å². The van der Waals surface area contributed by atoms with Crippen LogP contribution in [0.4, 0.5) is 0 Å². The second-order valence-electron chi connectivity index (χ2n) is 4.48. The standard InChI is InChI=1S/C14H17N3O3/c1-17-10-13(15-16-17)12-4-2-3-11(9-12)5-7-20-8-6-14(18)19/h2-4,9-10H,5-8H2,1H3,(H,18,19). The van der Waals surface area contributed by atoms with Crippen LogP contribution in [-0.2, 0) is 23.0 Å². The number of hydrogen-bond acceptors (Lipinski definition) is 4. The fourth-order valence-corrected chi connectivity index (χ4v) is 1.82. The van der Waals surface area contributed by atoms with Gasteiger partial charge in [-0.25, -0.2) is 0 Å². The number of aryl methyl sites for hydroxylation is 1. The fourth-order valence-electron chi connectivity index (χ4n) is 1.82. The van der Waals surface area contributed by atoms with Gasteiger partial charge in [0.25, 0.3) is 0 Å². The Morgan fingerprint density at radius 3 is 2.95 bits per heavy atom. The number of hydrogen-bond donors (Lipinski definition) is 1. The van der Waals surface area contributed by atoms with E-state index >= 15 is 0 Å². The molecule has 6 nitrogen and oxygen atoms in total. The average molecular weight is 275 g/mol. The number of aromatic nitrogens is 3. The highest BCUT2D eigenvalue weighted by molar-refractivity contribution is 5.66. The van der Waals surface area contributed by atoms with Crippen molar-refractivity contribution < 1.29 is 14.6 Å².